The molecule has 0 bridgehead atoms. The van der Waals surface area contributed by atoms with Crippen molar-refractivity contribution >= 4 is 5.91 Å². The van der Waals surface area contributed by atoms with Gasteiger partial charge in [-0.2, -0.15) is 0 Å². The number of benzene rings is 1. The molecule has 0 aliphatic heterocycles. The van der Waals surface area contributed by atoms with Crippen LogP contribution >= 0.6 is 0 Å². The molecule has 0 saturated carbocycles. The van der Waals surface area contributed by atoms with Crippen LogP contribution in [0, 0.1) is 0 Å². The molecule has 2 aromatic heterocycles. The highest BCUT2D eigenvalue weighted by atomic mass is 16.2. The number of nitrogens with one attached hydrogen (secondary N) is 1. The first-order chi connectivity index (χ1) is 10.8. The summed E-state index contributed by atoms with van der Waals surface area (Å²) < 4.78 is 1.43. The quantitative estimate of drug-likeness (QED) is 0.758. The summed E-state index contributed by atoms with van der Waals surface area (Å²) >= 11 is 0. The minimum Gasteiger partial charge on any atom is -0.348 e. The van der Waals surface area contributed by atoms with Crippen LogP contribution in [0.25, 0.3) is 0 Å². The van der Waals surface area contributed by atoms with Gasteiger partial charge in [-0.1, -0.05) is 36.4 Å². The molecule has 0 unspecified atom stereocenters. The molecule has 2 heterocycles. The molecule has 110 valence electrons. The summed E-state index contributed by atoms with van der Waals surface area (Å²) in [5.74, 6) is -0.191. The zero-order valence-corrected chi connectivity index (χ0v) is 11.7. The van der Waals surface area contributed by atoms with Gasteiger partial charge >= 0.3 is 0 Å². The first kappa shape index (κ1) is 13.9. The Balaban J connectivity index is 1.79. The molecule has 3 rings (SSSR count). The normalized spacial score (nSPS) is 11.8. The minimum absolute atomic E-state index is 0.191. The van der Waals surface area contributed by atoms with Crippen molar-refractivity contribution in [3.63, 3.8) is 0 Å². The molecule has 1 amide bonds. The maximum atomic E-state index is 12.6. The van der Waals surface area contributed by atoms with Gasteiger partial charge in [-0.15, -0.1) is 5.10 Å². The lowest BCUT2D eigenvalue weighted by Crippen LogP contribution is -2.33. The third-order valence-corrected chi connectivity index (χ3v) is 3.16. The summed E-state index contributed by atoms with van der Waals surface area (Å²) in [5, 5.41) is 13.9. The van der Waals surface area contributed by atoms with Crippen LogP contribution < -0.4 is 5.32 Å². The predicted octanol–water partition coefficient (Wildman–Crippen LogP) is 0.974. The van der Waals surface area contributed by atoms with Crippen LogP contribution in [0.4, 0.5) is 0 Å². The lowest BCUT2D eigenvalue weighted by Gasteiger charge is -2.16. The fourth-order valence-electron chi connectivity index (χ4n) is 2.12. The van der Waals surface area contributed by atoms with Crippen molar-refractivity contribution in [1.29, 1.82) is 0 Å². The van der Waals surface area contributed by atoms with Crippen molar-refractivity contribution in [1.82, 2.24) is 30.5 Å². The topological polar surface area (TPSA) is 85.6 Å². The van der Waals surface area contributed by atoms with Gasteiger partial charge in [0.2, 0.25) is 5.91 Å². The molecule has 0 saturated heterocycles. The van der Waals surface area contributed by atoms with E-state index in [1.165, 1.54) is 11.0 Å². The molecule has 0 aliphatic carbocycles. The standard InChI is InChI=1S/C15H14N6O/c22-15(17-10-13-8-4-5-9-16-13)14(21-11-18-19-20-21)12-6-2-1-3-7-12/h1-9,11,14H,10H2,(H,17,22)/t14-/m0/s1. The van der Waals surface area contributed by atoms with E-state index in [4.69, 9.17) is 0 Å². The fraction of sp³-hybridized carbons (Fsp3) is 0.133. The first-order valence-corrected chi connectivity index (χ1v) is 6.79. The van der Waals surface area contributed by atoms with E-state index in [0.29, 0.717) is 6.54 Å². The van der Waals surface area contributed by atoms with Gasteiger partial charge in [0.15, 0.2) is 6.04 Å². The molecule has 7 heteroatoms. The second-order valence-electron chi connectivity index (χ2n) is 4.64. The highest BCUT2D eigenvalue weighted by molar-refractivity contribution is 5.83. The van der Waals surface area contributed by atoms with Crippen LogP contribution in [-0.4, -0.2) is 31.1 Å². The van der Waals surface area contributed by atoms with E-state index in [2.05, 4.69) is 25.8 Å². The van der Waals surface area contributed by atoms with E-state index in [1.807, 2.05) is 48.5 Å². The van der Waals surface area contributed by atoms with Gasteiger partial charge in [-0.25, -0.2) is 4.68 Å². The van der Waals surface area contributed by atoms with Crippen LogP contribution in [0.3, 0.4) is 0 Å². The van der Waals surface area contributed by atoms with Crippen LogP contribution in [0.15, 0.2) is 61.1 Å². The Bertz CT molecular complexity index is 714. The number of carbonyl (C=O) groups excluding carboxylic acids is 1. The van der Waals surface area contributed by atoms with E-state index < -0.39 is 6.04 Å². The Morgan fingerprint density at radius 2 is 1.95 bits per heavy atom. The van der Waals surface area contributed by atoms with Gasteiger partial charge < -0.3 is 5.32 Å². The van der Waals surface area contributed by atoms with E-state index >= 15 is 0 Å². The lowest BCUT2D eigenvalue weighted by atomic mass is 10.1. The Hall–Kier alpha value is -3.09. The van der Waals surface area contributed by atoms with Crippen LogP contribution in [0.5, 0.6) is 0 Å². The van der Waals surface area contributed by atoms with Crippen molar-refractivity contribution in [2.45, 2.75) is 12.6 Å². The Morgan fingerprint density at radius 1 is 1.14 bits per heavy atom. The number of hydrogen-bond donors (Lipinski definition) is 1. The van der Waals surface area contributed by atoms with Crippen molar-refractivity contribution in [3.8, 4) is 0 Å². The zero-order valence-electron chi connectivity index (χ0n) is 11.7. The smallest absolute Gasteiger partial charge is 0.249 e. The van der Waals surface area contributed by atoms with Crippen LogP contribution in [0.1, 0.15) is 17.3 Å². The number of hydrogen-bond acceptors (Lipinski definition) is 5. The van der Waals surface area contributed by atoms with Crippen molar-refractivity contribution in [2.24, 2.45) is 0 Å². The Morgan fingerprint density at radius 3 is 2.64 bits per heavy atom. The van der Waals surface area contributed by atoms with Gasteiger partial charge in [0.1, 0.15) is 6.33 Å². The second-order valence-corrected chi connectivity index (χ2v) is 4.64. The summed E-state index contributed by atoms with van der Waals surface area (Å²) in [6.07, 6.45) is 3.12. The first-order valence-electron chi connectivity index (χ1n) is 6.79. The maximum absolute atomic E-state index is 12.6. The summed E-state index contributed by atoms with van der Waals surface area (Å²) in [7, 11) is 0. The monoisotopic (exact) mass is 294 g/mol. The van der Waals surface area contributed by atoms with E-state index in [1.54, 1.807) is 6.20 Å². The zero-order chi connectivity index (χ0) is 15.2. The third-order valence-electron chi connectivity index (χ3n) is 3.16. The molecular formula is C15H14N6O. The summed E-state index contributed by atoms with van der Waals surface area (Å²) in [6.45, 7) is 0.352. The maximum Gasteiger partial charge on any atom is 0.249 e. The number of amides is 1. The van der Waals surface area contributed by atoms with E-state index in [-0.39, 0.29) is 5.91 Å². The molecule has 3 aromatic rings. The molecule has 1 N–H and O–H groups in total. The molecule has 0 aliphatic rings. The number of tetrazole rings is 1. The number of carbonyl (C=O) groups is 1. The van der Waals surface area contributed by atoms with Gasteiger partial charge in [-0.3, -0.25) is 9.78 Å². The van der Waals surface area contributed by atoms with E-state index in [9.17, 15) is 4.79 Å². The molecule has 0 radical (unpaired) electrons. The SMILES string of the molecule is O=C(NCc1ccccn1)[C@H](c1ccccc1)n1cnnn1. The van der Waals surface area contributed by atoms with Gasteiger partial charge in [0, 0.05) is 6.20 Å². The molecule has 1 atom stereocenters. The third kappa shape index (κ3) is 3.14. The molecule has 7 nitrogen and oxygen atoms in total. The fourth-order valence-corrected chi connectivity index (χ4v) is 2.12. The lowest BCUT2D eigenvalue weighted by molar-refractivity contribution is -0.123. The van der Waals surface area contributed by atoms with Crippen LogP contribution in [0.2, 0.25) is 0 Å². The van der Waals surface area contributed by atoms with Crippen molar-refractivity contribution in [3.05, 3.63) is 72.3 Å². The highest BCUT2D eigenvalue weighted by Gasteiger charge is 2.23. The number of nitrogens with zero attached hydrogens (tertiary/aromatic N) is 5. The van der Waals surface area contributed by atoms with Gasteiger partial charge in [0.05, 0.1) is 12.2 Å². The molecular weight excluding hydrogens is 280 g/mol. The van der Waals surface area contributed by atoms with Gasteiger partial charge in [-0.05, 0) is 28.1 Å². The number of aromatic nitrogens is 5. The van der Waals surface area contributed by atoms with Crippen molar-refractivity contribution < 1.29 is 4.79 Å². The highest BCUT2D eigenvalue weighted by Crippen LogP contribution is 2.16. The summed E-state index contributed by atoms with van der Waals surface area (Å²) in [4.78, 5) is 16.7. The largest absolute Gasteiger partial charge is 0.348 e. The Labute approximate surface area is 127 Å². The number of rotatable bonds is 5. The molecule has 0 spiro atoms. The van der Waals surface area contributed by atoms with Gasteiger partial charge in [0.25, 0.3) is 0 Å². The average Bonchev–Trinajstić information content (AvgIpc) is 3.09. The molecule has 0 fully saturated rings. The van der Waals surface area contributed by atoms with E-state index in [0.717, 1.165) is 11.3 Å². The summed E-state index contributed by atoms with van der Waals surface area (Å²) in [6, 6.07) is 14.3. The van der Waals surface area contributed by atoms with Crippen LogP contribution in [-0.2, 0) is 11.3 Å². The summed E-state index contributed by atoms with van der Waals surface area (Å²) in [5.41, 5.74) is 1.60. The average molecular weight is 294 g/mol. The predicted molar refractivity (Wildman–Crippen MR) is 78.5 cm³/mol. The Kier molecular flexibility index (Phi) is 4.15. The van der Waals surface area contributed by atoms with Crippen molar-refractivity contribution in [2.75, 3.05) is 0 Å². The number of pyridine rings is 1. The second kappa shape index (κ2) is 6.57. The minimum atomic E-state index is -0.611. The molecule has 22 heavy (non-hydrogen) atoms. The molecule has 1 aromatic carbocycles.